The van der Waals surface area contributed by atoms with Gasteiger partial charge in [-0.1, -0.05) is 6.07 Å². The van der Waals surface area contributed by atoms with Crippen LogP contribution in [-0.2, 0) is 14.3 Å². The molecular weight excluding hydrogens is 312 g/mol. The number of amides is 1. The lowest BCUT2D eigenvalue weighted by Crippen LogP contribution is -2.36. The SMILES string of the molecule is COC(=O)CC(NC(=O)C1CCNC1)c1ccc(OC)c(OC)c1. The molecule has 2 N–H and O–H groups in total. The van der Waals surface area contributed by atoms with E-state index in [9.17, 15) is 9.59 Å². The van der Waals surface area contributed by atoms with Gasteiger partial charge in [-0.05, 0) is 30.7 Å². The van der Waals surface area contributed by atoms with E-state index in [4.69, 9.17) is 14.2 Å². The summed E-state index contributed by atoms with van der Waals surface area (Å²) in [6.45, 7) is 1.48. The van der Waals surface area contributed by atoms with Gasteiger partial charge in [0.05, 0.1) is 39.7 Å². The summed E-state index contributed by atoms with van der Waals surface area (Å²) in [5.41, 5.74) is 0.761. The number of hydrogen-bond donors (Lipinski definition) is 2. The number of ether oxygens (including phenoxy) is 3. The Labute approximate surface area is 141 Å². The van der Waals surface area contributed by atoms with Gasteiger partial charge in [0.1, 0.15) is 0 Å². The first kappa shape index (κ1) is 18.1. The van der Waals surface area contributed by atoms with Crippen molar-refractivity contribution in [2.75, 3.05) is 34.4 Å². The first-order valence-electron chi connectivity index (χ1n) is 7.88. The molecule has 1 aliphatic rings. The molecule has 1 fully saturated rings. The maximum atomic E-state index is 12.4. The molecule has 0 radical (unpaired) electrons. The smallest absolute Gasteiger partial charge is 0.307 e. The fourth-order valence-electron chi connectivity index (χ4n) is 2.74. The van der Waals surface area contributed by atoms with Crippen molar-refractivity contribution in [2.45, 2.75) is 18.9 Å². The zero-order valence-corrected chi connectivity index (χ0v) is 14.3. The second-order valence-electron chi connectivity index (χ2n) is 5.65. The van der Waals surface area contributed by atoms with Gasteiger partial charge in [-0.15, -0.1) is 0 Å². The van der Waals surface area contributed by atoms with Gasteiger partial charge in [-0.2, -0.15) is 0 Å². The second kappa shape index (κ2) is 8.54. The van der Waals surface area contributed by atoms with Gasteiger partial charge in [0, 0.05) is 6.54 Å². The lowest BCUT2D eigenvalue weighted by atomic mass is 10.0. The molecule has 1 aromatic carbocycles. The van der Waals surface area contributed by atoms with Gasteiger partial charge in [-0.3, -0.25) is 9.59 Å². The van der Waals surface area contributed by atoms with Crippen LogP contribution < -0.4 is 20.1 Å². The number of methoxy groups -OCH3 is 3. The molecule has 2 unspecified atom stereocenters. The third kappa shape index (κ3) is 4.38. The number of carbonyl (C=O) groups is 2. The Morgan fingerprint density at radius 1 is 1.25 bits per heavy atom. The molecule has 2 atom stereocenters. The van der Waals surface area contributed by atoms with Gasteiger partial charge in [0.15, 0.2) is 11.5 Å². The monoisotopic (exact) mass is 336 g/mol. The Morgan fingerprint density at radius 2 is 2.00 bits per heavy atom. The molecule has 1 saturated heterocycles. The van der Waals surface area contributed by atoms with Crippen LogP contribution in [0.4, 0.5) is 0 Å². The van der Waals surface area contributed by atoms with Crippen LogP contribution in [0.2, 0.25) is 0 Å². The molecule has 7 heteroatoms. The van der Waals surface area contributed by atoms with Crippen LogP contribution in [0, 0.1) is 5.92 Å². The molecule has 0 saturated carbocycles. The molecule has 1 amide bonds. The minimum atomic E-state index is -0.481. The topological polar surface area (TPSA) is 85.9 Å². The summed E-state index contributed by atoms with van der Waals surface area (Å²) in [5, 5.41) is 6.12. The van der Waals surface area contributed by atoms with E-state index < -0.39 is 6.04 Å². The summed E-state index contributed by atoms with van der Waals surface area (Å²) < 4.78 is 15.3. The Hall–Kier alpha value is -2.28. The molecule has 0 aromatic heterocycles. The van der Waals surface area contributed by atoms with Crippen molar-refractivity contribution in [2.24, 2.45) is 5.92 Å². The first-order valence-corrected chi connectivity index (χ1v) is 7.88. The molecule has 0 aliphatic carbocycles. The number of rotatable bonds is 7. The lowest BCUT2D eigenvalue weighted by Gasteiger charge is -2.21. The van der Waals surface area contributed by atoms with Gasteiger partial charge in [0.25, 0.3) is 0 Å². The highest BCUT2D eigenvalue weighted by atomic mass is 16.5. The summed E-state index contributed by atoms with van der Waals surface area (Å²) in [6.07, 6.45) is 0.848. The van der Waals surface area contributed by atoms with Crippen molar-refractivity contribution >= 4 is 11.9 Å². The van der Waals surface area contributed by atoms with Crippen molar-refractivity contribution in [1.82, 2.24) is 10.6 Å². The van der Waals surface area contributed by atoms with Crippen molar-refractivity contribution < 1.29 is 23.8 Å². The van der Waals surface area contributed by atoms with Crippen LogP contribution in [0.5, 0.6) is 11.5 Å². The van der Waals surface area contributed by atoms with Crippen molar-refractivity contribution in [3.05, 3.63) is 23.8 Å². The minimum Gasteiger partial charge on any atom is -0.493 e. The number of esters is 1. The van der Waals surface area contributed by atoms with Crippen LogP contribution in [0.25, 0.3) is 0 Å². The quantitative estimate of drug-likeness (QED) is 0.724. The number of nitrogens with one attached hydrogen (secondary N) is 2. The summed E-state index contributed by atoms with van der Waals surface area (Å²) in [6, 6.07) is 4.84. The Bertz CT molecular complexity index is 584. The van der Waals surface area contributed by atoms with Crippen LogP contribution in [0.15, 0.2) is 18.2 Å². The van der Waals surface area contributed by atoms with E-state index in [0.717, 1.165) is 18.5 Å². The molecule has 132 valence electrons. The minimum absolute atomic E-state index is 0.0534. The highest BCUT2D eigenvalue weighted by Gasteiger charge is 2.27. The number of carbonyl (C=O) groups excluding carboxylic acids is 2. The summed E-state index contributed by atoms with van der Waals surface area (Å²) in [4.78, 5) is 24.2. The standard InChI is InChI=1S/C17H24N2O5/c1-22-14-5-4-11(8-15(14)23-2)13(9-16(20)24-3)19-17(21)12-6-7-18-10-12/h4-5,8,12-13,18H,6-7,9-10H2,1-3H3,(H,19,21). The van der Waals surface area contributed by atoms with E-state index in [2.05, 4.69) is 10.6 Å². The summed E-state index contributed by atoms with van der Waals surface area (Å²) in [7, 11) is 4.43. The van der Waals surface area contributed by atoms with E-state index in [0.29, 0.717) is 18.0 Å². The average Bonchev–Trinajstić information content (AvgIpc) is 3.15. The van der Waals surface area contributed by atoms with E-state index >= 15 is 0 Å². The zero-order valence-electron chi connectivity index (χ0n) is 14.3. The molecule has 2 rings (SSSR count). The first-order chi connectivity index (χ1) is 11.6. The maximum Gasteiger partial charge on any atom is 0.307 e. The van der Waals surface area contributed by atoms with Gasteiger partial charge in [-0.25, -0.2) is 0 Å². The van der Waals surface area contributed by atoms with E-state index in [1.807, 2.05) is 6.07 Å². The zero-order chi connectivity index (χ0) is 17.5. The molecule has 1 aromatic rings. The summed E-state index contributed by atoms with van der Waals surface area (Å²) in [5.74, 6) is 0.597. The van der Waals surface area contributed by atoms with E-state index in [1.54, 1.807) is 26.4 Å². The molecule has 1 heterocycles. The van der Waals surface area contributed by atoms with Crippen LogP contribution >= 0.6 is 0 Å². The molecule has 24 heavy (non-hydrogen) atoms. The van der Waals surface area contributed by atoms with Gasteiger partial charge < -0.3 is 24.8 Å². The average molecular weight is 336 g/mol. The maximum absolute atomic E-state index is 12.4. The van der Waals surface area contributed by atoms with Crippen LogP contribution in [0.1, 0.15) is 24.4 Å². The Kier molecular flexibility index (Phi) is 6.43. The summed E-state index contributed by atoms with van der Waals surface area (Å²) >= 11 is 0. The van der Waals surface area contributed by atoms with Crippen LogP contribution in [-0.4, -0.2) is 46.3 Å². The van der Waals surface area contributed by atoms with E-state index in [-0.39, 0.29) is 24.2 Å². The molecule has 0 bridgehead atoms. The third-order valence-electron chi connectivity index (χ3n) is 4.16. The van der Waals surface area contributed by atoms with Gasteiger partial charge >= 0.3 is 5.97 Å². The fraction of sp³-hybridized carbons (Fsp3) is 0.529. The van der Waals surface area contributed by atoms with Gasteiger partial charge in [0.2, 0.25) is 5.91 Å². The Balaban J connectivity index is 2.21. The third-order valence-corrected chi connectivity index (χ3v) is 4.16. The number of benzene rings is 1. The molecule has 7 nitrogen and oxygen atoms in total. The Morgan fingerprint density at radius 3 is 2.58 bits per heavy atom. The highest BCUT2D eigenvalue weighted by Crippen LogP contribution is 2.31. The predicted molar refractivity (Wildman–Crippen MR) is 88.0 cm³/mol. The number of hydrogen-bond acceptors (Lipinski definition) is 6. The predicted octanol–water partition coefficient (Wildman–Crippen LogP) is 1.03. The molecule has 1 aliphatic heterocycles. The normalized spacial score (nSPS) is 17.9. The highest BCUT2D eigenvalue weighted by molar-refractivity contribution is 5.80. The fourth-order valence-corrected chi connectivity index (χ4v) is 2.74. The van der Waals surface area contributed by atoms with Crippen molar-refractivity contribution in [3.8, 4) is 11.5 Å². The van der Waals surface area contributed by atoms with Crippen molar-refractivity contribution in [1.29, 1.82) is 0 Å². The largest absolute Gasteiger partial charge is 0.493 e. The van der Waals surface area contributed by atoms with Crippen LogP contribution in [0.3, 0.4) is 0 Å². The molecule has 0 spiro atoms. The second-order valence-corrected chi connectivity index (χ2v) is 5.65. The lowest BCUT2D eigenvalue weighted by molar-refractivity contribution is -0.141. The van der Waals surface area contributed by atoms with Crippen molar-refractivity contribution in [3.63, 3.8) is 0 Å². The molecular formula is C17H24N2O5. The van der Waals surface area contributed by atoms with E-state index in [1.165, 1.54) is 7.11 Å².